The van der Waals surface area contributed by atoms with Gasteiger partial charge in [-0.15, -0.1) is 11.3 Å². The lowest BCUT2D eigenvalue weighted by molar-refractivity contribution is 0.0787. The van der Waals surface area contributed by atoms with E-state index in [1.54, 1.807) is 4.90 Å². The summed E-state index contributed by atoms with van der Waals surface area (Å²) in [5, 5.41) is 1.87. The number of amides is 1. The Bertz CT molecular complexity index is 338. The summed E-state index contributed by atoms with van der Waals surface area (Å²) < 4.78 is 0.992. The van der Waals surface area contributed by atoms with Gasteiger partial charge in [-0.1, -0.05) is 0 Å². The summed E-state index contributed by atoms with van der Waals surface area (Å²) in [7, 11) is 5.83. The maximum absolute atomic E-state index is 11.9. The van der Waals surface area contributed by atoms with Crippen LogP contribution in [0.4, 0.5) is 0 Å². The fraction of sp³-hybridized carbons (Fsp3) is 0.500. The molecule has 0 aromatic carbocycles. The van der Waals surface area contributed by atoms with Crippen LogP contribution in [0.15, 0.2) is 15.2 Å². The molecule has 0 radical (unpaired) electrons. The monoisotopic (exact) mass is 290 g/mol. The molecule has 0 unspecified atom stereocenters. The van der Waals surface area contributed by atoms with Crippen LogP contribution in [0.25, 0.3) is 0 Å². The second-order valence-electron chi connectivity index (χ2n) is 3.67. The number of thiophene rings is 1. The van der Waals surface area contributed by atoms with E-state index in [0.717, 1.165) is 22.4 Å². The fourth-order valence-electron chi connectivity index (χ4n) is 1.09. The smallest absolute Gasteiger partial charge is 0.254 e. The average Bonchev–Trinajstić information content (AvgIpc) is 2.60. The van der Waals surface area contributed by atoms with Gasteiger partial charge in [-0.2, -0.15) is 0 Å². The van der Waals surface area contributed by atoms with Gasteiger partial charge in [0.1, 0.15) is 0 Å². The molecule has 0 aliphatic rings. The van der Waals surface area contributed by atoms with E-state index in [2.05, 4.69) is 20.8 Å². The zero-order valence-corrected chi connectivity index (χ0v) is 11.6. The molecule has 0 aliphatic carbocycles. The second-order valence-corrected chi connectivity index (χ2v) is 5.96. The highest BCUT2D eigenvalue weighted by Crippen LogP contribution is 2.21. The topological polar surface area (TPSA) is 23.6 Å². The molecule has 0 N–H and O–H groups in total. The number of hydrogen-bond acceptors (Lipinski definition) is 3. The molecule has 0 saturated carbocycles. The third-order valence-corrected chi connectivity index (χ3v) is 3.55. The van der Waals surface area contributed by atoms with Crippen LogP contribution in [0.1, 0.15) is 10.4 Å². The summed E-state index contributed by atoms with van der Waals surface area (Å²) in [6.45, 7) is 1.63. The molecular weight excluding hydrogens is 276 g/mol. The number of hydrogen-bond donors (Lipinski definition) is 0. The van der Waals surface area contributed by atoms with E-state index in [1.807, 2.05) is 32.6 Å². The van der Waals surface area contributed by atoms with Crippen LogP contribution in [0, 0.1) is 0 Å². The van der Waals surface area contributed by atoms with Crippen molar-refractivity contribution in [3.05, 3.63) is 20.8 Å². The van der Waals surface area contributed by atoms with Crippen LogP contribution < -0.4 is 0 Å². The molecule has 1 amide bonds. The number of halogens is 1. The third kappa shape index (κ3) is 3.93. The van der Waals surface area contributed by atoms with Crippen molar-refractivity contribution in [1.29, 1.82) is 0 Å². The Kier molecular flexibility index (Phi) is 4.76. The molecule has 0 saturated heterocycles. The van der Waals surface area contributed by atoms with Crippen LogP contribution in [-0.2, 0) is 0 Å². The first-order valence-electron chi connectivity index (χ1n) is 4.65. The van der Waals surface area contributed by atoms with Crippen molar-refractivity contribution in [2.24, 2.45) is 0 Å². The Labute approximate surface area is 103 Å². The van der Waals surface area contributed by atoms with E-state index < -0.39 is 0 Å². The highest BCUT2D eigenvalue weighted by atomic mass is 79.9. The van der Waals surface area contributed by atoms with Crippen LogP contribution in [0.2, 0.25) is 0 Å². The Morgan fingerprint density at radius 2 is 2.07 bits per heavy atom. The summed E-state index contributed by atoms with van der Waals surface area (Å²) in [6.07, 6.45) is 0. The maximum Gasteiger partial charge on any atom is 0.254 e. The average molecular weight is 291 g/mol. The number of carbonyl (C=O) groups is 1. The molecule has 0 atom stereocenters. The summed E-state index contributed by atoms with van der Waals surface area (Å²) in [5.41, 5.74) is 0.758. The number of nitrogens with zero attached hydrogens (tertiary/aromatic N) is 2. The van der Waals surface area contributed by atoms with Gasteiger partial charge in [0.2, 0.25) is 0 Å². The van der Waals surface area contributed by atoms with Crippen molar-refractivity contribution < 1.29 is 4.79 Å². The van der Waals surface area contributed by atoms with E-state index >= 15 is 0 Å². The molecule has 3 nitrogen and oxygen atoms in total. The van der Waals surface area contributed by atoms with Crippen molar-refractivity contribution in [3.63, 3.8) is 0 Å². The zero-order chi connectivity index (χ0) is 11.4. The van der Waals surface area contributed by atoms with E-state index in [1.165, 1.54) is 11.3 Å². The number of rotatable bonds is 4. The predicted molar refractivity (Wildman–Crippen MR) is 67.5 cm³/mol. The van der Waals surface area contributed by atoms with Gasteiger partial charge in [-0.25, -0.2) is 0 Å². The van der Waals surface area contributed by atoms with Gasteiger partial charge in [-0.3, -0.25) is 4.79 Å². The third-order valence-electron chi connectivity index (χ3n) is 2.04. The molecule has 0 spiro atoms. The van der Waals surface area contributed by atoms with E-state index in [0.29, 0.717) is 0 Å². The summed E-state index contributed by atoms with van der Waals surface area (Å²) >= 11 is 4.88. The fourth-order valence-corrected chi connectivity index (χ4v) is 2.22. The molecule has 1 aromatic rings. The molecule has 0 bridgehead atoms. The van der Waals surface area contributed by atoms with Crippen molar-refractivity contribution >= 4 is 33.2 Å². The molecule has 15 heavy (non-hydrogen) atoms. The van der Waals surface area contributed by atoms with Gasteiger partial charge >= 0.3 is 0 Å². The Morgan fingerprint density at radius 1 is 1.40 bits per heavy atom. The van der Waals surface area contributed by atoms with Crippen molar-refractivity contribution in [1.82, 2.24) is 9.80 Å². The second kappa shape index (κ2) is 5.63. The molecule has 0 aliphatic heterocycles. The zero-order valence-electron chi connectivity index (χ0n) is 9.16. The normalized spacial score (nSPS) is 10.7. The lowest BCUT2D eigenvalue weighted by Crippen LogP contribution is -2.33. The van der Waals surface area contributed by atoms with E-state index in [-0.39, 0.29) is 5.91 Å². The molecular formula is C10H15BrN2OS. The van der Waals surface area contributed by atoms with Crippen LogP contribution >= 0.6 is 27.3 Å². The Balaban J connectivity index is 2.53. The minimum atomic E-state index is 0.0822. The summed E-state index contributed by atoms with van der Waals surface area (Å²) in [6, 6.07) is 1.86. The van der Waals surface area contributed by atoms with Gasteiger partial charge in [0.15, 0.2) is 0 Å². The van der Waals surface area contributed by atoms with E-state index in [9.17, 15) is 4.79 Å². The van der Waals surface area contributed by atoms with Crippen LogP contribution in [0.3, 0.4) is 0 Å². The molecule has 84 valence electrons. The summed E-state index contributed by atoms with van der Waals surface area (Å²) in [4.78, 5) is 15.7. The van der Waals surface area contributed by atoms with Gasteiger partial charge < -0.3 is 9.80 Å². The Morgan fingerprint density at radius 3 is 2.53 bits per heavy atom. The summed E-state index contributed by atoms with van der Waals surface area (Å²) in [5.74, 6) is 0.0822. The predicted octanol–water partition coefficient (Wildman–Crippen LogP) is 2.14. The first kappa shape index (κ1) is 12.7. The molecule has 1 heterocycles. The molecule has 1 aromatic heterocycles. The first-order valence-corrected chi connectivity index (χ1v) is 6.32. The highest BCUT2D eigenvalue weighted by molar-refractivity contribution is 9.11. The van der Waals surface area contributed by atoms with Gasteiger partial charge in [0, 0.05) is 25.5 Å². The van der Waals surface area contributed by atoms with Crippen molar-refractivity contribution in [2.45, 2.75) is 0 Å². The molecule has 1 rings (SSSR count). The van der Waals surface area contributed by atoms with Crippen molar-refractivity contribution in [2.75, 3.05) is 34.2 Å². The largest absolute Gasteiger partial charge is 0.340 e. The molecule has 5 heteroatoms. The van der Waals surface area contributed by atoms with E-state index in [4.69, 9.17) is 0 Å². The minimum absolute atomic E-state index is 0.0822. The van der Waals surface area contributed by atoms with Gasteiger partial charge in [-0.05, 0) is 36.1 Å². The Hall–Kier alpha value is -0.390. The SMILES string of the molecule is CN(C)CCN(C)C(=O)c1csc(Br)c1. The highest BCUT2D eigenvalue weighted by Gasteiger charge is 2.12. The first-order chi connectivity index (χ1) is 7.00. The standard InChI is InChI=1S/C10H15BrN2OS/c1-12(2)4-5-13(3)10(14)8-6-9(11)15-7-8/h6-7H,4-5H2,1-3H3. The lowest BCUT2D eigenvalue weighted by atomic mass is 10.3. The minimum Gasteiger partial charge on any atom is -0.340 e. The lowest BCUT2D eigenvalue weighted by Gasteiger charge is -2.18. The maximum atomic E-state index is 11.9. The van der Waals surface area contributed by atoms with Crippen LogP contribution in [0.5, 0.6) is 0 Å². The number of carbonyl (C=O) groups excluding carboxylic acids is 1. The number of likely N-dealkylation sites (N-methyl/N-ethyl adjacent to an activating group) is 2. The van der Waals surface area contributed by atoms with Gasteiger partial charge in [0.05, 0.1) is 9.35 Å². The molecule has 0 fully saturated rings. The quantitative estimate of drug-likeness (QED) is 0.848. The van der Waals surface area contributed by atoms with Crippen LogP contribution in [-0.4, -0.2) is 49.9 Å². The van der Waals surface area contributed by atoms with Gasteiger partial charge in [0.25, 0.3) is 5.91 Å². The van der Waals surface area contributed by atoms with Crippen molar-refractivity contribution in [3.8, 4) is 0 Å².